The maximum absolute atomic E-state index is 6.46. The first-order valence-electron chi connectivity index (χ1n) is 9.10. The van der Waals surface area contributed by atoms with Crippen LogP contribution in [0.4, 0.5) is 0 Å². The van der Waals surface area contributed by atoms with E-state index < -0.39 is 7.92 Å². The Morgan fingerprint density at radius 3 is 2.04 bits per heavy atom. The molecule has 0 amide bonds. The van der Waals surface area contributed by atoms with Gasteiger partial charge in [0, 0.05) is 10.9 Å². The molecule has 0 fully saturated rings. The molecule has 0 N–H and O–H groups in total. The van der Waals surface area contributed by atoms with Crippen molar-refractivity contribution >= 4 is 13.2 Å². The predicted octanol–water partition coefficient (Wildman–Crippen LogP) is 5.65. The Morgan fingerprint density at radius 1 is 0.962 bits per heavy atom. The highest BCUT2D eigenvalue weighted by atomic mass is 31.1. The van der Waals surface area contributed by atoms with E-state index in [0.29, 0.717) is 5.92 Å². The summed E-state index contributed by atoms with van der Waals surface area (Å²) in [6.45, 7) is 11.5. The molecular formula is C22H29O3P. The molecule has 0 unspecified atom stereocenters. The minimum atomic E-state index is -0.517. The van der Waals surface area contributed by atoms with Gasteiger partial charge in [0.1, 0.15) is 23.1 Å². The Morgan fingerprint density at radius 2 is 1.54 bits per heavy atom. The number of benzene rings is 2. The van der Waals surface area contributed by atoms with Crippen molar-refractivity contribution in [2.75, 3.05) is 14.2 Å². The number of hydrogen-bond acceptors (Lipinski definition) is 3. The third-order valence-electron chi connectivity index (χ3n) is 4.73. The van der Waals surface area contributed by atoms with E-state index >= 15 is 0 Å². The molecule has 0 radical (unpaired) electrons. The second-order valence-corrected chi connectivity index (χ2v) is 11.0. The average Bonchev–Trinajstić information content (AvgIpc) is 3.01. The van der Waals surface area contributed by atoms with Gasteiger partial charge in [0.2, 0.25) is 0 Å². The number of hydrogen-bond donors (Lipinski definition) is 0. The van der Waals surface area contributed by atoms with Crippen molar-refractivity contribution in [3.8, 4) is 28.4 Å². The van der Waals surface area contributed by atoms with Crippen LogP contribution in [0.2, 0.25) is 0 Å². The summed E-state index contributed by atoms with van der Waals surface area (Å²) < 4.78 is 17.8. The smallest absolute Gasteiger partial charge is 0.130 e. The molecule has 2 aromatic carbocycles. The summed E-state index contributed by atoms with van der Waals surface area (Å²) in [7, 11) is 2.90. The van der Waals surface area contributed by atoms with E-state index in [9.17, 15) is 0 Å². The summed E-state index contributed by atoms with van der Waals surface area (Å²) in [4.78, 5) is 0. The fraction of sp³-hybridized carbons (Fsp3) is 0.455. The van der Waals surface area contributed by atoms with Gasteiger partial charge in [-0.2, -0.15) is 0 Å². The molecule has 4 heteroatoms. The number of rotatable bonds is 4. The van der Waals surface area contributed by atoms with Gasteiger partial charge in [-0.3, -0.25) is 0 Å². The summed E-state index contributed by atoms with van der Waals surface area (Å²) in [6.07, 6.45) is 0. The van der Waals surface area contributed by atoms with E-state index in [1.165, 1.54) is 10.9 Å². The molecule has 1 heterocycles. The Labute approximate surface area is 158 Å². The van der Waals surface area contributed by atoms with Crippen LogP contribution in [0.3, 0.4) is 0 Å². The number of fused-ring (bicyclic) bond motifs is 1. The molecule has 1 aliphatic rings. The summed E-state index contributed by atoms with van der Waals surface area (Å²) in [5.74, 6) is 3.35. The monoisotopic (exact) mass is 372 g/mol. The molecule has 140 valence electrons. The van der Waals surface area contributed by atoms with Gasteiger partial charge in [0.15, 0.2) is 0 Å². The summed E-state index contributed by atoms with van der Waals surface area (Å²) in [5.41, 5.74) is 2.18. The maximum atomic E-state index is 6.46. The molecule has 0 bridgehead atoms. The van der Waals surface area contributed by atoms with E-state index in [0.717, 1.165) is 22.8 Å². The van der Waals surface area contributed by atoms with Gasteiger partial charge in [0.25, 0.3) is 0 Å². The van der Waals surface area contributed by atoms with E-state index in [4.69, 9.17) is 14.2 Å². The van der Waals surface area contributed by atoms with Gasteiger partial charge in [-0.1, -0.05) is 52.8 Å². The third-order valence-corrected chi connectivity index (χ3v) is 8.33. The first-order chi connectivity index (χ1) is 12.3. The lowest BCUT2D eigenvalue weighted by molar-refractivity contribution is 0.240. The van der Waals surface area contributed by atoms with Crippen molar-refractivity contribution in [3.63, 3.8) is 0 Å². The van der Waals surface area contributed by atoms with Gasteiger partial charge >= 0.3 is 0 Å². The molecule has 0 saturated heterocycles. The summed E-state index contributed by atoms with van der Waals surface area (Å²) in [6, 6.07) is 12.3. The van der Waals surface area contributed by atoms with Crippen LogP contribution in [-0.4, -0.2) is 25.2 Å². The van der Waals surface area contributed by atoms with Gasteiger partial charge in [-0.15, -0.1) is 0 Å². The molecule has 26 heavy (non-hydrogen) atoms. The quantitative estimate of drug-likeness (QED) is 0.649. The topological polar surface area (TPSA) is 27.7 Å². The summed E-state index contributed by atoms with van der Waals surface area (Å²) >= 11 is 0. The van der Waals surface area contributed by atoms with Crippen LogP contribution in [-0.2, 0) is 0 Å². The Balaban J connectivity index is 2.29. The molecule has 0 aromatic heterocycles. The number of methoxy groups -OCH3 is 2. The second-order valence-electron chi connectivity index (χ2n) is 7.98. The molecule has 0 saturated carbocycles. The van der Waals surface area contributed by atoms with E-state index in [2.05, 4.69) is 52.8 Å². The Bertz CT molecular complexity index is 770. The van der Waals surface area contributed by atoms with Crippen LogP contribution >= 0.6 is 7.92 Å². The van der Waals surface area contributed by atoms with Crippen molar-refractivity contribution in [1.82, 2.24) is 0 Å². The molecule has 3 nitrogen and oxygen atoms in total. The van der Waals surface area contributed by atoms with Crippen LogP contribution in [0.25, 0.3) is 11.1 Å². The maximum Gasteiger partial charge on any atom is 0.130 e. The third kappa shape index (κ3) is 3.18. The van der Waals surface area contributed by atoms with Crippen LogP contribution in [0, 0.1) is 5.92 Å². The minimum absolute atomic E-state index is 0.140. The zero-order valence-electron chi connectivity index (χ0n) is 16.8. The van der Waals surface area contributed by atoms with E-state index in [-0.39, 0.29) is 11.0 Å². The van der Waals surface area contributed by atoms with Crippen LogP contribution in [0.15, 0.2) is 36.4 Å². The Kier molecular flexibility index (Phi) is 5.21. The van der Waals surface area contributed by atoms with Gasteiger partial charge < -0.3 is 14.2 Å². The lowest BCUT2D eigenvalue weighted by atomic mass is 10.0. The first kappa shape index (κ1) is 19.0. The SMILES string of the molecule is COc1cccc(OC)c1-c1cccc2c1[P@](C(C)(C)C)[C@H](C(C)C)O2. The van der Waals surface area contributed by atoms with Crippen molar-refractivity contribution in [2.24, 2.45) is 5.92 Å². The lowest BCUT2D eigenvalue weighted by Gasteiger charge is -2.34. The van der Waals surface area contributed by atoms with Gasteiger partial charge in [0.05, 0.1) is 19.8 Å². The van der Waals surface area contributed by atoms with Crippen molar-refractivity contribution < 1.29 is 14.2 Å². The van der Waals surface area contributed by atoms with Crippen molar-refractivity contribution in [1.29, 1.82) is 0 Å². The molecule has 0 aliphatic carbocycles. The van der Waals surface area contributed by atoms with Gasteiger partial charge in [-0.25, -0.2) is 0 Å². The predicted molar refractivity (Wildman–Crippen MR) is 111 cm³/mol. The molecule has 2 aromatic rings. The lowest BCUT2D eigenvalue weighted by Crippen LogP contribution is -2.28. The standard InChI is InChI=1S/C22H29O3P/c1-14(2)21-25-18-13-8-10-15(20(18)26(21)22(3,4)5)19-16(23-6)11-9-12-17(19)24-7/h8-14,21H,1-7H3/t21-,26+/m1/s1. The number of ether oxygens (including phenoxy) is 3. The molecule has 3 rings (SSSR count). The normalized spacial score (nSPS) is 19.2. The fourth-order valence-electron chi connectivity index (χ4n) is 3.65. The van der Waals surface area contributed by atoms with Crippen LogP contribution in [0.1, 0.15) is 34.6 Å². The highest BCUT2D eigenvalue weighted by Crippen LogP contribution is 2.62. The second kappa shape index (κ2) is 7.12. The van der Waals surface area contributed by atoms with Gasteiger partial charge in [-0.05, 0) is 37.2 Å². The largest absolute Gasteiger partial charge is 0.496 e. The highest BCUT2D eigenvalue weighted by Gasteiger charge is 2.44. The zero-order valence-corrected chi connectivity index (χ0v) is 17.7. The molecular weight excluding hydrogens is 343 g/mol. The first-order valence-corrected chi connectivity index (χ1v) is 10.5. The van der Waals surface area contributed by atoms with E-state index in [1.807, 2.05) is 18.2 Å². The fourth-order valence-corrected chi connectivity index (χ4v) is 6.96. The minimum Gasteiger partial charge on any atom is -0.496 e. The van der Waals surface area contributed by atoms with Crippen LogP contribution in [0.5, 0.6) is 17.2 Å². The molecule has 0 spiro atoms. The van der Waals surface area contributed by atoms with Crippen molar-refractivity contribution in [2.45, 2.75) is 45.6 Å². The average molecular weight is 372 g/mol. The van der Waals surface area contributed by atoms with Crippen molar-refractivity contribution in [3.05, 3.63) is 36.4 Å². The molecule has 2 atom stereocenters. The highest BCUT2D eigenvalue weighted by molar-refractivity contribution is 7.68. The molecule has 1 aliphatic heterocycles. The summed E-state index contributed by atoms with van der Waals surface area (Å²) in [5, 5.41) is 1.47. The Hall–Kier alpha value is -1.73. The van der Waals surface area contributed by atoms with E-state index in [1.54, 1.807) is 14.2 Å². The zero-order chi connectivity index (χ0) is 19.1. The van der Waals surface area contributed by atoms with Crippen LogP contribution < -0.4 is 19.5 Å².